The molecule has 0 bridgehead atoms. The van der Waals surface area contributed by atoms with E-state index in [2.05, 4.69) is 17.6 Å². The van der Waals surface area contributed by atoms with E-state index in [4.69, 9.17) is 0 Å². The lowest BCUT2D eigenvalue weighted by Crippen LogP contribution is -2.32. The van der Waals surface area contributed by atoms with Gasteiger partial charge in [0.2, 0.25) is 5.91 Å². The molecule has 1 atom stereocenters. The number of carbonyl (C=O) groups is 1. The van der Waals surface area contributed by atoms with Gasteiger partial charge in [-0.25, -0.2) is 4.39 Å². The Morgan fingerprint density at radius 3 is 2.67 bits per heavy atom. The highest BCUT2D eigenvalue weighted by Gasteiger charge is 2.22. The molecule has 1 unspecified atom stereocenters. The highest BCUT2D eigenvalue weighted by atomic mass is 19.1. The topological polar surface area (TPSA) is 63.1 Å². The van der Waals surface area contributed by atoms with Crippen LogP contribution >= 0.6 is 0 Å². The fourth-order valence-electron chi connectivity index (χ4n) is 3.62. The molecule has 0 aliphatic carbocycles. The van der Waals surface area contributed by atoms with Gasteiger partial charge in [0, 0.05) is 12.6 Å². The third-order valence-electron chi connectivity index (χ3n) is 5.26. The van der Waals surface area contributed by atoms with Gasteiger partial charge >= 0.3 is 0 Å². The summed E-state index contributed by atoms with van der Waals surface area (Å²) >= 11 is 0. The van der Waals surface area contributed by atoms with Gasteiger partial charge in [-0.3, -0.25) is 9.59 Å². The van der Waals surface area contributed by atoms with Crippen molar-refractivity contribution in [3.8, 4) is 0 Å². The van der Waals surface area contributed by atoms with Crippen molar-refractivity contribution in [2.24, 2.45) is 11.8 Å². The van der Waals surface area contributed by atoms with Crippen LogP contribution in [0.2, 0.25) is 0 Å². The van der Waals surface area contributed by atoms with E-state index in [0.29, 0.717) is 18.9 Å². The maximum Gasteiger partial charge on any atom is 0.274 e. The number of aromatic nitrogens is 1. The third-order valence-corrected chi connectivity index (χ3v) is 5.26. The van der Waals surface area contributed by atoms with Crippen LogP contribution in [0.5, 0.6) is 0 Å². The molecule has 1 aromatic heterocycles. The van der Waals surface area contributed by atoms with E-state index in [0.717, 1.165) is 31.5 Å². The molecule has 1 amide bonds. The molecule has 2 N–H and O–H groups in total. The first kappa shape index (κ1) is 19.3. The van der Waals surface area contributed by atoms with Crippen LogP contribution in [0.4, 0.5) is 10.1 Å². The quantitative estimate of drug-likeness (QED) is 0.821. The predicted octanol–water partition coefficient (Wildman–Crippen LogP) is 3.00. The second-order valence-electron chi connectivity index (χ2n) is 7.30. The molecule has 6 heteroatoms. The summed E-state index contributed by atoms with van der Waals surface area (Å²) < 4.78 is 14.5. The van der Waals surface area contributed by atoms with Crippen LogP contribution in [0.25, 0.3) is 0 Å². The predicted molar refractivity (Wildman–Crippen MR) is 104 cm³/mol. The Morgan fingerprint density at radius 1 is 1.26 bits per heavy atom. The van der Waals surface area contributed by atoms with Crippen LogP contribution in [0.3, 0.4) is 0 Å². The van der Waals surface area contributed by atoms with Crippen LogP contribution in [0.1, 0.15) is 31.7 Å². The van der Waals surface area contributed by atoms with Gasteiger partial charge < -0.3 is 15.2 Å². The summed E-state index contributed by atoms with van der Waals surface area (Å²) in [5.41, 5.74) is 0.841. The van der Waals surface area contributed by atoms with Crippen molar-refractivity contribution in [3.05, 3.63) is 64.3 Å². The zero-order valence-corrected chi connectivity index (χ0v) is 15.6. The van der Waals surface area contributed by atoms with Crippen molar-refractivity contribution in [1.82, 2.24) is 9.88 Å². The number of piperidine rings is 1. The Labute approximate surface area is 158 Å². The summed E-state index contributed by atoms with van der Waals surface area (Å²) in [5, 5.41) is 6.10. The molecule has 2 heterocycles. The monoisotopic (exact) mass is 371 g/mol. The highest BCUT2D eigenvalue weighted by molar-refractivity contribution is 5.90. The molecule has 1 aliphatic heterocycles. The van der Waals surface area contributed by atoms with E-state index >= 15 is 0 Å². The molecule has 1 saturated heterocycles. The minimum atomic E-state index is -0.310. The normalized spacial score (nSPS) is 16.1. The van der Waals surface area contributed by atoms with Crippen LogP contribution in [0.15, 0.2) is 47.4 Å². The molecule has 1 aromatic carbocycles. The van der Waals surface area contributed by atoms with Crippen LogP contribution < -0.4 is 16.2 Å². The molecule has 2 aromatic rings. The third kappa shape index (κ3) is 5.26. The molecular formula is C21H26FN3O2. The molecule has 1 aliphatic rings. The van der Waals surface area contributed by atoms with Crippen molar-refractivity contribution in [2.75, 3.05) is 18.4 Å². The minimum absolute atomic E-state index is 0.127. The van der Waals surface area contributed by atoms with Crippen LogP contribution in [-0.2, 0) is 11.3 Å². The SMILES string of the molecule is CC(CC(=O)Nc1cccn(Cc2ccc(F)cc2)c1=O)C1CCNCC1. The molecule has 27 heavy (non-hydrogen) atoms. The lowest BCUT2D eigenvalue weighted by Gasteiger charge is -2.27. The zero-order chi connectivity index (χ0) is 19.2. The summed E-state index contributed by atoms with van der Waals surface area (Å²) in [4.78, 5) is 25.0. The average molecular weight is 371 g/mol. The van der Waals surface area contributed by atoms with E-state index in [9.17, 15) is 14.0 Å². The largest absolute Gasteiger partial charge is 0.321 e. The van der Waals surface area contributed by atoms with E-state index in [1.54, 1.807) is 30.5 Å². The van der Waals surface area contributed by atoms with Gasteiger partial charge in [0.15, 0.2) is 0 Å². The van der Waals surface area contributed by atoms with Crippen LogP contribution in [-0.4, -0.2) is 23.6 Å². The zero-order valence-electron chi connectivity index (χ0n) is 15.6. The van der Waals surface area contributed by atoms with Gasteiger partial charge in [0.1, 0.15) is 11.5 Å². The van der Waals surface area contributed by atoms with Gasteiger partial charge in [0.05, 0.1) is 6.54 Å². The second-order valence-corrected chi connectivity index (χ2v) is 7.30. The van der Waals surface area contributed by atoms with Gasteiger partial charge in [-0.2, -0.15) is 0 Å². The number of hydrogen-bond acceptors (Lipinski definition) is 3. The molecule has 0 saturated carbocycles. The number of halogens is 1. The molecule has 3 rings (SSSR count). The minimum Gasteiger partial charge on any atom is -0.321 e. The molecule has 1 fully saturated rings. The Morgan fingerprint density at radius 2 is 1.96 bits per heavy atom. The summed E-state index contributed by atoms with van der Waals surface area (Å²) in [5.74, 6) is 0.396. The van der Waals surface area contributed by atoms with Gasteiger partial charge in [-0.1, -0.05) is 19.1 Å². The fraction of sp³-hybridized carbons (Fsp3) is 0.429. The van der Waals surface area contributed by atoms with E-state index in [1.807, 2.05) is 0 Å². The van der Waals surface area contributed by atoms with Crippen molar-refractivity contribution >= 4 is 11.6 Å². The van der Waals surface area contributed by atoms with Gasteiger partial charge in [-0.15, -0.1) is 0 Å². The number of amides is 1. The standard InChI is InChI=1S/C21H26FN3O2/c1-15(17-8-10-23-11-9-17)13-20(26)24-19-3-2-12-25(21(19)27)14-16-4-6-18(22)7-5-16/h2-7,12,15,17,23H,8-11,13-14H2,1H3,(H,24,26). The van der Waals surface area contributed by atoms with Gasteiger partial charge in [0.25, 0.3) is 5.56 Å². The van der Waals surface area contributed by atoms with Crippen molar-refractivity contribution < 1.29 is 9.18 Å². The summed E-state index contributed by atoms with van der Waals surface area (Å²) in [7, 11) is 0. The maximum atomic E-state index is 13.0. The summed E-state index contributed by atoms with van der Waals surface area (Å²) in [6, 6.07) is 9.39. The Kier molecular flexibility index (Phi) is 6.40. The number of nitrogens with zero attached hydrogens (tertiary/aromatic N) is 1. The smallest absolute Gasteiger partial charge is 0.274 e. The molecular weight excluding hydrogens is 345 g/mol. The fourth-order valence-corrected chi connectivity index (χ4v) is 3.62. The summed E-state index contributed by atoms with van der Waals surface area (Å²) in [6.45, 7) is 4.44. The number of hydrogen-bond donors (Lipinski definition) is 2. The molecule has 0 radical (unpaired) electrons. The van der Waals surface area contributed by atoms with Crippen molar-refractivity contribution in [3.63, 3.8) is 0 Å². The summed E-state index contributed by atoms with van der Waals surface area (Å²) in [6.07, 6.45) is 4.25. The number of rotatable bonds is 6. The highest BCUT2D eigenvalue weighted by Crippen LogP contribution is 2.24. The second kappa shape index (κ2) is 8.95. The maximum absolute atomic E-state index is 13.0. The molecule has 144 valence electrons. The number of benzene rings is 1. The number of carbonyl (C=O) groups excluding carboxylic acids is 1. The lowest BCUT2D eigenvalue weighted by molar-refractivity contribution is -0.117. The van der Waals surface area contributed by atoms with Gasteiger partial charge in [-0.05, 0) is 67.6 Å². The first-order valence-corrected chi connectivity index (χ1v) is 9.47. The average Bonchev–Trinajstić information content (AvgIpc) is 2.67. The Bertz CT molecular complexity index is 826. The number of anilines is 1. The first-order valence-electron chi connectivity index (χ1n) is 9.47. The molecule has 5 nitrogen and oxygen atoms in total. The van der Waals surface area contributed by atoms with E-state index in [-0.39, 0.29) is 28.9 Å². The Balaban J connectivity index is 1.63. The van der Waals surface area contributed by atoms with E-state index < -0.39 is 0 Å². The first-order chi connectivity index (χ1) is 13.0. The number of nitrogens with one attached hydrogen (secondary N) is 2. The Hall–Kier alpha value is -2.47. The van der Waals surface area contributed by atoms with Crippen molar-refractivity contribution in [1.29, 1.82) is 0 Å². The lowest BCUT2D eigenvalue weighted by atomic mass is 9.84. The molecule has 0 spiro atoms. The number of pyridine rings is 1. The van der Waals surface area contributed by atoms with Crippen LogP contribution in [0, 0.1) is 17.7 Å². The van der Waals surface area contributed by atoms with E-state index in [1.165, 1.54) is 16.7 Å². The van der Waals surface area contributed by atoms with Crippen molar-refractivity contribution in [2.45, 2.75) is 32.7 Å².